The Balaban J connectivity index is 1.76. The Morgan fingerprint density at radius 2 is 1.73 bits per heavy atom. The predicted molar refractivity (Wildman–Crippen MR) is 105 cm³/mol. The van der Waals surface area contributed by atoms with Crippen LogP contribution in [0.25, 0.3) is 0 Å². The molecule has 6 heteroatoms. The molecule has 0 saturated heterocycles. The van der Waals surface area contributed by atoms with Crippen LogP contribution in [0.4, 0.5) is 5.69 Å². The van der Waals surface area contributed by atoms with E-state index in [4.69, 9.17) is 0 Å². The van der Waals surface area contributed by atoms with Crippen LogP contribution >= 0.6 is 0 Å². The molecule has 2 aliphatic rings. The number of benzene rings is 1. The number of amides is 1. The fourth-order valence-electron chi connectivity index (χ4n) is 3.87. The topological polar surface area (TPSA) is 66.5 Å². The molecule has 0 aliphatic heterocycles. The van der Waals surface area contributed by atoms with Crippen LogP contribution in [0.2, 0.25) is 0 Å². The summed E-state index contributed by atoms with van der Waals surface area (Å²) in [5.41, 5.74) is 1.05. The molecule has 3 rings (SSSR count). The zero-order valence-corrected chi connectivity index (χ0v) is 16.6. The zero-order valence-electron chi connectivity index (χ0n) is 15.8. The minimum atomic E-state index is -3.35. The van der Waals surface area contributed by atoms with Gasteiger partial charge in [0, 0.05) is 23.3 Å². The van der Waals surface area contributed by atoms with Gasteiger partial charge in [0.1, 0.15) is 0 Å². The van der Waals surface area contributed by atoms with E-state index in [0.717, 1.165) is 31.6 Å². The number of carbonyl (C=O) groups is 1. The van der Waals surface area contributed by atoms with Crippen molar-refractivity contribution in [3.8, 4) is 0 Å². The Hall–Kier alpha value is -1.56. The van der Waals surface area contributed by atoms with Crippen LogP contribution in [-0.2, 0) is 10.0 Å². The maximum absolute atomic E-state index is 13.2. The van der Waals surface area contributed by atoms with Crippen LogP contribution in [0.3, 0.4) is 0 Å². The predicted octanol–water partition coefficient (Wildman–Crippen LogP) is 4.02. The molecule has 1 aromatic rings. The third kappa shape index (κ3) is 4.78. The lowest BCUT2D eigenvalue weighted by atomic mass is 9.86. The summed E-state index contributed by atoms with van der Waals surface area (Å²) in [7, 11) is -3.35. The van der Waals surface area contributed by atoms with E-state index in [2.05, 4.69) is 16.5 Å². The van der Waals surface area contributed by atoms with E-state index in [1.165, 1.54) is 12.8 Å². The van der Waals surface area contributed by atoms with E-state index in [0.29, 0.717) is 29.8 Å². The van der Waals surface area contributed by atoms with Crippen LogP contribution < -0.4 is 4.72 Å². The number of rotatable bonds is 7. The van der Waals surface area contributed by atoms with Crippen molar-refractivity contribution in [2.75, 3.05) is 10.5 Å². The number of sulfonamides is 1. The van der Waals surface area contributed by atoms with E-state index in [1.807, 2.05) is 6.92 Å². The Morgan fingerprint density at radius 1 is 1.12 bits per heavy atom. The van der Waals surface area contributed by atoms with Gasteiger partial charge in [-0.15, -0.1) is 0 Å². The lowest BCUT2D eigenvalue weighted by Crippen LogP contribution is -2.43. The molecule has 2 saturated carbocycles. The van der Waals surface area contributed by atoms with Gasteiger partial charge < -0.3 is 4.90 Å². The Morgan fingerprint density at radius 3 is 2.31 bits per heavy atom. The van der Waals surface area contributed by atoms with Gasteiger partial charge in [-0.05, 0) is 69.1 Å². The van der Waals surface area contributed by atoms with Crippen LogP contribution in [0.15, 0.2) is 24.3 Å². The number of carbonyl (C=O) groups excluding carboxylic acids is 1. The molecule has 144 valence electrons. The molecule has 0 bridgehead atoms. The van der Waals surface area contributed by atoms with E-state index >= 15 is 0 Å². The largest absolute Gasteiger partial charge is 0.333 e. The SMILES string of the molecule is CCCS(=O)(=O)Nc1cccc(C(=O)N(C2CCC(C)CC2)C2CC2)c1. The van der Waals surface area contributed by atoms with Gasteiger partial charge in [-0.3, -0.25) is 9.52 Å². The first-order valence-electron chi connectivity index (χ1n) is 9.83. The first kappa shape index (κ1) is 19.2. The highest BCUT2D eigenvalue weighted by molar-refractivity contribution is 7.92. The van der Waals surface area contributed by atoms with Crippen molar-refractivity contribution in [3.05, 3.63) is 29.8 Å². The molecule has 1 aromatic carbocycles. The summed E-state index contributed by atoms with van der Waals surface area (Å²) in [6.45, 7) is 4.11. The summed E-state index contributed by atoms with van der Waals surface area (Å²) >= 11 is 0. The Kier molecular flexibility index (Phi) is 5.90. The summed E-state index contributed by atoms with van der Waals surface area (Å²) in [5, 5.41) is 0. The Bertz CT molecular complexity index is 735. The molecular formula is C20H30N2O3S. The van der Waals surface area contributed by atoms with Gasteiger partial charge in [0.15, 0.2) is 0 Å². The fourth-order valence-corrected chi connectivity index (χ4v) is 4.99. The highest BCUT2D eigenvalue weighted by Crippen LogP contribution is 2.36. The first-order chi connectivity index (χ1) is 12.4. The minimum Gasteiger partial charge on any atom is -0.333 e. The summed E-state index contributed by atoms with van der Waals surface area (Å²) < 4.78 is 26.6. The molecular weight excluding hydrogens is 348 g/mol. The molecule has 1 amide bonds. The molecule has 5 nitrogen and oxygen atoms in total. The van der Waals surface area contributed by atoms with Gasteiger partial charge in [0.25, 0.3) is 5.91 Å². The molecule has 0 spiro atoms. The second-order valence-electron chi connectivity index (χ2n) is 7.86. The zero-order chi connectivity index (χ0) is 18.7. The molecule has 0 atom stereocenters. The number of hydrogen-bond acceptors (Lipinski definition) is 3. The van der Waals surface area contributed by atoms with Crippen molar-refractivity contribution >= 4 is 21.6 Å². The molecule has 2 fully saturated rings. The maximum atomic E-state index is 13.2. The molecule has 0 aromatic heterocycles. The third-order valence-corrected chi connectivity index (χ3v) is 6.90. The van der Waals surface area contributed by atoms with Gasteiger partial charge in [-0.25, -0.2) is 8.42 Å². The van der Waals surface area contributed by atoms with Crippen LogP contribution in [0.1, 0.15) is 69.2 Å². The van der Waals surface area contributed by atoms with Crippen molar-refractivity contribution in [1.82, 2.24) is 4.90 Å². The minimum absolute atomic E-state index is 0.0450. The molecule has 0 unspecified atom stereocenters. The maximum Gasteiger partial charge on any atom is 0.254 e. The van der Waals surface area contributed by atoms with Crippen LogP contribution in [-0.4, -0.2) is 37.1 Å². The van der Waals surface area contributed by atoms with Crippen molar-refractivity contribution in [3.63, 3.8) is 0 Å². The van der Waals surface area contributed by atoms with Crippen molar-refractivity contribution in [2.24, 2.45) is 5.92 Å². The molecule has 0 heterocycles. The molecule has 26 heavy (non-hydrogen) atoms. The third-order valence-electron chi connectivity index (χ3n) is 5.41. The first-order valence-corrected chi connectivity index (χ1v) is 11.5. The molecule has 1 N–H and O–H groups in total. The van der Waals surface area contributed by atoms with Gasteiger partial charge in [0.2, 0.25) is 10.0 Å². The summed E-state index contributed by atoms with van der Waals surface area (Å²) in [6.07, 6.45) is 7.24. The second kappa shape index (κ2) is 7.99. The summed E-state index contributed by atoms with van der Waals surface area (Å²) in [6, 6.07) is 7.61. The molecule has 2 aliphatic carbocycles. The van der Waals surface area contributed by atoms with Crippen LogP contribution in [0, 0.1) is 5.92 Å². The average molecular weight is 379 g/mol. The average Bonchev–Trinajstić information content (AvgIpc) is 3.41. The highest BCUT2D eigenvalue weighted by Gasteiger charge is 2.38. The summed E-state index contributed by atoms with van der Waals surface area (Å²) in [5.74, 6) is 0.877. The second-order valence-corrected chi connectivity index (χ2v) is 9.70. The standard InChI is InChI=1S/C20H30N2O3S/c1-3-13-26(24,25)21-17-6-4-5-16(14-17)20(23)22(19-11-12-19)18-9-7-15(2)8-10-18/h4-6,14-15,18-19,21H,3,7-13H2,1-2H3. The van der Waals surface area contributed by atoms with Crippen molar-refractivity contribution in [2.45, 2.75) is 70.9 Å². The van der Waals surface area contributed by atoms with E-state index < -0.39 is 10.0 Å². The lowest BCUT2D eigenvalue weighted by Gasteiger charge is -2.36. The Labute approximate surface area is 157 Å². The van der Waals surface area contributed by atoms with E-state index in [9.17, 15) is 13.2 Å². The van der Waals surface area contributed by atoms with Gasteiger partial charge in [0.05, 0.1) is 5.75 Å². The molecule has 0 radical (unpaired) electrons. The quantitative estimate of drug-likeness (QED) is 0.779. The smallest absolute Gasteiger partial charge is 0.254 e. The number of anilines is 1. The monoisotopic (exact) mass is 378 g/mol. The van der Waals surface area contributed by atoms with Gasteiger partial charge in [-0.1, -0.05) is 19.9 Å². The number of nitrogens with one attached hydrogen (secondary N) is 1. The normalized spacial score (nSPS) is 23.5. The van der Waals surface area contributed by atoms with Crippen molar-refractivity contribution < 1.29 is 13.2 Å². The fraction of sp³-hybridized carbons (Fsp3) is 0.650. The van der Waals surface area contributed by atoms with E-state index in [-0.39, 0.29) is 11.7 Å². The lowest BCUT2D eigenvalue weighted by molar-refractivity contribution is 0.0593. The number of nitrogens with zero attached hydrogens (tertiary/aromatic N) is 1. The van der Waals surface area contributed by atoms with Crippen molar-refractivity contribution in [1.29, 1.82) is 0 Å². The highest BCUT2D eigenvalue weighted by atomic mass is 32.2. The van der Waals surface area contributed by atoms with E-state index in [1.54, 1.807) is 24.3 Å². The summed E-state index contributed by atoms with van der Waals surface area (Å²) in [4.78, 5) is 15.3. The van der Waals surface area contributed by atoms with Gasteiger partial charge in [-0.2, -0.15) is 0 Å². The number of hydrogen-bond donors (Lipinski definition) is 1. The van der Waals surface area contributed by atoms with Crippen LogP contribution in [0.5, 0.6) is 0 Å². The van der Waals surface area contributed by atoms with Gasteiger partial charge >= 0.3 is 0 Å².